The fourth-order valence-electron chi connectivity index (χ4n) is 1.59. The fraction of sp³-hybridized carbons (Fsp3) is 0. The predicted octanol–water partition coefficient (Wildman–Crippen LogP) is 1.14. The molecule has 0 fully saturated rings. The van der Waals surface area contributed by atoms with Gasteiger partial charge in [0.2, 0.25) is 0 Å². The topological polar surface area (TPSA) is 72.2 Å². The number of hydrogen-bond donors (Lipinski definition) is 1. The highest BCUT2D eigenvalue weighted by Crippen LogP contribution is 2.26. The molecule has 0 aliphatic carbocycles. The van der Waals surface area contributed by atoms with Crippen LogP contribution in [0.2, 0.25) is 5.02 Å². The van der Waals surface area contributed by atoms with Gasteiger partial charge in [-0.3, -0.25) is 4.79 Å². The van der Waals surface area contributed by atoms with Crippen molar-refractivity contribution in [1.29, 1.82) is 0 Å². The summed E-state index contributed by atoms with van der Waals surface area (Å²) < 4.78 is 1.37. The maximum Gasteiger partial charge on any atom is 0.276 e. The molecule has 0 saturated heterocycles. The molecule has 1 aromatic carbocycles. The number of nitrogens with zero attached hydrogens (tertiary/aromatic N) is 4. The minimum absolute atomic E-state index is 0.268. The van der Waals surface area contributed by atoms with Crippen molar-refractivity contribution >= 4 is 28.9 Å². The molecule has 0 unspecified atom stereocenters. The molecule has 3 rings (SSSR count). The zero-order chi connectivity index (χ0) is 11.8. The van der Waals surface area contributed by atoms with Gasteiger partial charge in [0.15, 0.2) is 5.71 Å². The van der Waals surface area contributed by atoms with E-state index in [1.54, 1.807) is 18.2 Å². The molecular weight excluding hydrogens is 242 g/mol. The molecule has 1 amide bonds. The zero-order valence-electron chi connectivity index (χ0n) is 8.46. The highest BCUT2D eigenvalue weighted by molar-refractivity contribution is 6.54. The van der Waals surface area contributed by atoms with Crippen LogP contribution in [0, 0.1) is 0 Å². The maximum absolute atomic E-state index is 11.7. The average Bonchev–Trinajstić information content (AvgIpc) is 2.90. The Balaban J connectivity index is 2.13. The van der Waals surface area contributed by atoms with Crippen molar-refractivity contribution in [3.63, 3.8) is 0 Å². The molecule has 0 bridgehead atoms. The Morgan fingerprint density at radius 2 is 2.06 bits per heavy atom. The number of amides is 1. The van der Waals surface area contributed by atoms with E-state index in [1.165, 1.54) is 17.3 Å². The Morgan fingerprint density at radius 1 is 1.29 bits per heavy atom. The molecule has 2 aromatic rings. The minimum Gasteiger partial charge on any atom is -0.320 e. The lowest BCUT2D eigenvalue weighted by molar-refractivity contribution is -0.110. The number of carbonyl (C=O) groups excluding carboxylic acids is 1. The lowest BCUT2D eigenvalue weighted by Crippen LogP contribution is -2.15. The normalized spacial score (nSPS) is 16.1. The van der Waals surface area contributed by atoms with E-state index in [-0.39, 0.29) is 5.91 Å². The summed E-state index contributed by atoms with van der Waals surface area (Å²) in [5, 5.41) is 14.6. The number of fused-ring (bicyclic) bond motifs is 1. The Kier molecular flexibility index (Phi) is 2.15. The van der Waals surface area contributed by atoms with E-state index in [4.69, 9.17) is 11.6 Å². The van der Waals surface area contributed by atoms with Crippen LogP contribution in [0.1, 0.15) is 5.56 Å². The Hall–Kier alpha value is -2.21. The van der Waals surface area contributed by atoms with E-state index < -0.39 is 0 Å². The van der Waals surface area contributed by atoms with Crippen molar-refractivity contribution in [3.8, 4) is 0 Å². The third-order valence-electron chi connectivity index (χ3n) is 2.32. The second-order valence-electron chi connectivity index (χ2n) is 3.43. The highest BCUT2D eigenvalue weighted by Gasteiger charge is 2.26. The van der Waals surface area contributed by atoms with Gasteiger partial charge in [0.25, 0.3) is 5.91 Å². The van der Waals surface area contributed by atoms with Gasteiger partial charge in [-0.2, -0.15) is 5.10 Å². The van der Waals surface area contributed by atoms with Gasteiger partial charge >= 0.3 is 0 Å². The van der Waals surface area contributed by atoms with E-state index in [0.29, 0.717) is 22.0 Å². The second-order valence-corrected chi connectivity index (χ2v) is 3.87. The van der Waals surface area contributed by atoms with Crippen LogP contribution in [0.3, 0.4) is 0 Å². The van der Waals surface area contributed by atoms with Gasteiger partial charge in [-0.25, -0.2) is 4.68 Å². The molecule has 1 aromatic heterocycles. The molecule has 1 aliphatic heterocycles. The molecule has 0 atom stereocenters. The van der Waals surface area contributed by atoms with Gasteiger partial charge in [0, 0.05) is 10.6 Å². The highest BCUT2D eigenvalue weighted by atomic mass is 35.5. The molecule has 0 radical (unpaired) electrons. The number of anilines is 1. The molecule has 1 aliphatic rings. The number of hydrogen-bond acceptors (Lipinski definition) is 4. The summed E-state index contributed by atoms with van der Waals surface area (Å²) >= 11 is 5.89. The SMILES string of the molecule is O=C1Nc2ccc(Cl)cc2/C1=N/n1cnnc1. The van der Waals surface area contributed by atoms with Gasteiger partial charge < -0.3 is 5.32 Å². The van der Waals surface area contributed by atoms with Crippen molar-refractivity contribution in [2.24, 2.45) is 5.10 Å². The molecule has 2 heterocycles. The third kappa shape index (κ3) is 1.68. The van der Waals surface area contributed by atoms with E-state index in [1.807, 2.05) is 0 Å². The van der Waals surface area contributed by atoms with Gasteiger partial charge in [-0.1, -0.05) is 11.6 Å². The molecule has 7 heteroatoms. The van der Waals surface area contributed by atoms with Gasteiger partial charge in [-0.05, 0) is 18.2 Å². The molecule has 0 spiro atoms. The summed E-state index contributed by atoms with van der Waals surface area (Å²) in [7, 11) is 0. The number of halogens is 1. The number of rotatable bonds is 1. The monoisotopic (exact) mass is 247 g/mol. The number of aromatic nitrogens is 3. The quantitative estimate of drug-likeness (QED) is 0.821. The molecular formula is C10H6ClN5O. The molecule has 1 N–H and O–H groups in total. The second kappa shape index (κ2) is 3.67. The summed E-state index contributed by atoms with van der Waals surface area (Å²) in [6.45, 7) is 0. The summed E-state index contributed by atoms with van der Waals surface area (Å²) in [4.78, 5) is 11.7. The lowest BCUT2D eigenvalue weighted by Gasteiger charge is -1.97. The number of carbonyl (C=O) groups is 1. The van der Waals surface area contributed by atoms with Gasteiger partial charge in [-0.15, -0.1) is 10.2 Å². The first kappa shape index (κ1) is 9.98. The Bertz CT molecular complexity index is 620. The first-order valence-corrected chi connectivity index (χ1v) is 5.17. The number of benzene rings is 1. The Morgan fingerprint density at radius 3 is 2.82 bits per heavy atom. The summed E-state index contributed by atoms with van der Waals surface area (Å²) in [5.41, 5.74) is 1.67. The van der Waals surface area contributed by atoms with Crippen LogP contribution in [-0.2, 0) is 4.79 Å². The number of nitrogens with one attached hydrogen (secondary N) is 1. The Labute approximate surface area is 101 Å². The third-order valence-corrected chi connectivity index (χ3v) is 2.56. The van der Waals surface area contributed by atoms with Crippen molar-refractivity contribution in [3.05, 3.63) is 41.4 Å². The standard InChI is InChI=1S/C10H6ClN5O/c11-6-1-2-8-7(3-6)9(10(17)14-8)15-16-4-12-13-5-16/h1-5H,(H,14,15,17). The van der Waals surface area contributed by atoms with Crippen molar-refractivity contribution in [1.82, 2.24) is 14.9 Å². The minimum atomic E-state index is -0.268. The smallest absolute Gasteiger partial charge is 0.276 e. The van der Waals surface area contributed by atoms with Crippen molar-refractivity contribution in [2.75, 3.05) is 5.32 Å². The molecule has 6 nitrogen and oxygen atoms in total. The van der Waals surface area contributed by atoms with Crippen LogP contribution in [0.15, 0.2) is 36.0 Å². The van der Waals surface area contributed by atoms with Crippen LogP contribution in [0.25, 0.3) is 0 Å². The van der Waals surface area contributed by atoms with E-state index in [2.05, 4.69) is 20.6 Å². The van der Waals surface area contributed by atoms with Crippen LogP contribution in [-0.4, -0.2) is 26.5 Å². The first-order valence-electron chi connectivity index (χ1n) is 4.79. The van der Waals surface area contributed by atoms with E-state index >= 15 is 0 Å². The summed E-state index contributed by atoms with van der Waals surface area (Å²) in [6, 6.07) is 5.14. The molecule has 84 valence electrons. The largest absolute Gasteiger partial charge is 0.320 e. The molecule has 0 saturated carbocycles. The van der Waals surface area contributed by atoms with Gasteiger partial charge in [0.05, 0.1) is 5.69 Å². The van der Waals surface area contributed by atoms with E-state index in [9.17, 15) is 4.79 Å². The predicted molar refractivity (Wildman–Crippen MR) is 62.0 cm³/mol. The van der Waals surface area contributed by atoms with Crippen LogP contribution < -0.4 is 5.32 Å². The maximum atomic E-state index is 11.7. The van der Waals surface area contributed by atoms with Gasteiger partial charge in [0.1, 0.15) is 12.7 Å². The van der Waals surface area contributed by atoms with Crippen LogP contribution in [0.5, 0.6) is 0 Å². The summed E-state index contributed by atoms with van der Waals surface area (Å²) in [6.07, 6.45) is 2.81. The lowest BCUT2D eigenvalue weighted by atomic mass is 10.1. The van der Waals surface area contributed by atoms with E-state index in [0.717, 1.165) is 0 Å². The van der Waals surface area contributed by atoms with Crippen LogP contribution in [0.4, 0.5) is 5.69 Å². The first-order chi connectivity index (χ1) is 8.24. The van der Waals surface area contributed by atoms with Crippen molar-refractivity contribution in [2.45, 2.75) is 0 Å². The summed E-state index contributed by atoms with van der Waals surface area (Å²) in [5.74, 6) is -0.268. The van der Waals surface area contributed by atoms with Crippen molar-refractivity contribution < 1.29 is 4.79 Å². The zero-order valence-corrected chi connectivity index (χ0v) is 9.22. The van der Waals surface area contributed by atoms with Crippen LogP contribution >= 0.6 is 11.6 Å². The fourth-order valence-corrected chi connectivity index (χ4v) is 1.76. The molecule has 17 heavy (non-hydrogen) atoms. The average molecular weight is 248 g/mol.